The minimum absolute atomic E-state index is 0.163. The summed E-state index contributed by atoms with van der Waals surface area (Å²) in [6, 6.07) is 3.47. The van der Waals surface area contributed by atoms with Crippen LogP contribution in [0, 0.1) is 11.8 Å². The lowest BCUT2D eigenvalue weighted by Crippen LogP contribution is -2.36. The highest BCUT2D eigenvalue weighted by atomic mass is 16.4. The molecule has 0 spiro atoms. The van der Waals surface area contributed by atoms with E-state index in [0.717, 1.165) is 5.56 Å². The highest BCUT2D eigenvalue weighted by molar-refractivity contribution is 5.84. The first kappa shape index (κ1) is 14.2. The van der Waals surface area contributed by atoms with Gasteiger partial charge in [0, 0.05) is 18.3 Å². The van der Waals surface area contributed by atoms with E-state index in [2.05, 4.69) is 10.3 Å². The number of aliphatic carboxylic acids is 1. The number of aromatic nitrogens is 1. The van der Waals surface area contributed by atoms with Crippen LogP contribution in [0.25, 0.3) is 0 Å². The lowest BCUT2D eigenvalue weighted by atomic mass is 9.95. The lowest BCUT2D eigenvalue weighted by molar-refractivity contribution is -0.146. The third-order valence-corrected chi connectivity index (χ3v) is 3.12. The van der Waals surface area contributed by atoms with Gasteiger partial charge in [-0.25, -0.2) is 0 Å². The van der Waals surface area contributed by atoms with E-state index in [1.807, 2.05) is 19.1 Å². The molecule has 5 heteroatoms. The van der Waals surface area contributed by atoms with Crippen molar-refractivity contribution in [2.75, 3.05) is 0 Å². The molecule has 1 heterocycles. The Morgan fingerprint density at radius 1 is 1.17 bits per heavy atom. The fourth-order valence-corrected chi connectivity index (χ4v) is 1.52. The van der Waals surface area contributed by atoms with E-state index >= 15 is 0 Å². The summed E-state index contributed by atoms with van der Waals surface area (Å²) in [6.45, 7) is 5.00. The Kier molecular flexibility index (Phi) is 4.83. The minimum atomic E-state index is -0.964. The van der Waals surface area contributed by atoms with E-state index < -0.39 is 17.8 Å². The Balaban J connectivity index is 2.62. The lowest BCUT2D eigenvalue weighted by Gasteiger charge is -2.20. The molecule has 0 bridgehead atoms. The maximum absolute atomic E-state index is 11.9. The molecule has 3 atom stereocenters. The number of carboxylic acids is 1. The van der Waals surface area contributed by atoms with Crippen LogP contribution in [-0.4, -0.2) is 22.0 Å². The van der Waals surface area contributed by atoms with Crippen LogP contribution in [0.2, 0.25) is 0 Å². The summed E-state index contributed by atoms with van der Waals surface area (Å²) < 4.78 is 0. The number of pyridine rings is 1. The number of hydrogen-bond donors (Lipinski definition) is 2. The molecule has 0 fully saturated rings. The molecule has 1 amide bonds. The Hall–Kier alpha value is -1.91. The van der Waals surface area contributed by atoms with Crippen LogP contribution in [-0.2, 0) is 9.59 Å². The fourth-order valence-electron chi connectivity index (χ4n) is 1.52. The highest BCUT2D eigenvalue weighted by Crippen LogP contribution is 2.15. The van der Waals surface area contributed by atoms with E-state index in [-0.39, 0.29) is 11.9 Å². The maximum Gasteiger partial charge on any atom is 0.307 e. The van der Waals surface area contributed by atoms with Crippen LogP contribution in [0.3, 0.4) is 0 Å². The Morgan fingerprint density at radius 3 is 2.22 bits per heavy atom. The van der Waals surface area contributed by atoms with Gasteiger partial charge in [0.15, 0.2) is 0 Å². The largest absolute Gasteiger partial charge is 0.481 e. The van der Waals surface area contributed by atoms with Crippen molar-refractivity contribution in [3.05, 3.63) is 30.1 Å². The molecule has 1 rings (SSSR count). The quantitative estimate of drug-likeness (QED) is 0.832. The van der Waals surface area contributed by atoms with Crippen molar-refractivity contribution in [3.8, 4) is 0 Å². The van der Waals surface area contributed by atoms with Crippen LogP contribution in [0.1, 0.15) is 32.4 Å². The molecule has 0 aromatic carbocycles. The number of nitrogens with one attached hydrogen (secondary N) is 1. The number of amides is 1. The standard InChI is InChI=1S/C13H18N2O3/c1-8(9(2)13(17)18)12(16)15-10(3)11-4-6-14-7-5-11/h4-10H,1-3H3,(H,15,16)(H,17,18)/t8?,9?,10-/m1/s1. The van der Waals surface area contributed by atoms with E-state index in [1.165, 1.54) is 6.92 Å². The van der Waals surface area contributed by atoms with E-state index in [4.69, 9.17) is 5.11 Å². The van der Waals surface area contributed by atoms with Gasteiger partial charge in [-0.2, -0.15) is 0 Å². The van der Waals surface area contributed by atoms with E-state index in [9.17, 15) is 9.59 Å². The van der Waals surface area contributed by atoms with Gasteiger partial charge >= 0.3 is 5.97 Å². The van der Waals surface area contributed by atoms with E-state index in [0.29, 0.717) is 0 Å². The minimum Gasteiger partial charge on any atom is -0.481 e. The highest BCUT2D eigenvalue weighted by Gasteiger charge is 2.26. The SMILES string of the molecule is CC(C(=O)O)C(C)C(=O)N[C@H](C)c1ccncc1. The van der Waals surface area contributed by atoms with Crippen molar-refractivity contribution in [3.63, 3.8) is 0 Å². The molecule has 5 nitrogen and oxygen atoms in total. The summed E-state index contributed by atoms with van der Waals surface area (Å²) in [5.41, 5.74) is 0.938. The number of carbonyl (C=O) groups is 2. The monoisotopic (exact) mass is 250 g/mol. The summed E-state index contributed by atoms with van der Waals surface area (Å²) in [5.74, 6) is -2.48. The molecular weight excluding hydrogens is 232 g/mol. The smallest absolute Gasteiger partial charge is 0.307 e. The number of carbonyl (C=O) groups excluding carboxylic acids is 1. The maximum atomic E-state index is 11.9. The van der Waals surface area contributed by atoms with Crippen molar-refractivity contribution in [2.45, 2.75) is 26.8 Å². The zero-order valence-corrected chi connectivity index (χ0v) is 10.8. The third kappa shape index (κ3) is 3.55. The number of carboxylic acid groups (broad SMARTS) is 1. The molecule has 0 aliphatic heterocycles. The molecule has 0 saturated heterocycles. The van der Waals surface area contributed by atoms with Crippen molar-refractivity contribution >= 4 is 11.9 Å². The van der Waals surface area contributed by atoms with Gasteiger partial charge in [-0.3, -0.25) is 14.6 Å². The first-order valence-corrected chi connectivity index (χ1v) is 5.86. The van der Waals surface area contributed by atoms with Crippen molar-refractivity contribution in [2.24, 2.45) is 11.8 Å². The van der Waals surface area contributed by atoms with Crippen LogP contribution in [0.5, 0.6) is 0 Å². The average Bonchev–Trinajstić information content (AvgIpc) is 2.37. The van der Waals surface area contributed by atoms with Crippen LogP contribution >= 0.6 is 0 Å². The number of nitrogens with zero attached hydrogens (tertiary/aromatic N) is 1. The molecule has 0 radical (unpaired) electrons. The molecule has 1 aromatic rings. The van der Waals surface area contributed by atoms with Gasteiger partial charge in [0.2, 0.25) is 5.91 Å². The first-order chi connectivity index (χ1) is 8.43. The molecule has 2 unspecified atom stereocenters. The van der Waals surface area contributed by atoms with Gasteiger partial charge in [-0.05, 0) is 24.6 Å². The summed E-state index contributed by atoms with van der Waals surface area (Å²) in [7, 11) is 0. The molecule has 0 aliphatic carbocycles. The summed E-state index contributed by atoms with van der Waals surface area (Å²) >= 11 is 0. The van der Waals surface area contributed by atoms with Crippen LogP contribution in [0.4, 0.5) is 0 Å². The molecule has 18 heavy (non-hydrogen) atoms. The first-order valence-electron chi connectivity index (χ1n) is 5.86. The van der Waals surface area contributed by atoms with Gasteiger partial charge in [0.05, 0.1) is 12.0 Å². The van der Waals surface area contributed by atoms with Gasteiger partial charge < -0.3 is 10.4 Å². The molecule has 98 valence electrons. The second-order valence-corrected chi connectivity index (χ2v) is 4.43. The number of rotatable bonds is 5. The van der Waals surface area contributed by atoms with Gasteiger partial charge in [-0.15, -0.1) is 0 Å². The predicted molar refractivity (Wildman–Crippen MR) is 66.8 cm³/mol. The topological polar surface area (TPSA) is 79.3 Å². The van der Waals surface area contributed by atoms with Crippen molar-refractivity contribution in [1.82, 2.24) is 10.3 Å². The summed E-state index contributed by atoms with van der Waals surface area (Å²) in [4.78, 5) is 26.6. The molecule has 0 aliphatic rings. The van der Waals surface area contributed by atoms with Crippen LogP contribution < -0.4 is 5.32 Å². The molecular formula is C13H18N2O3. The fraction of sp³-hybridized carbons (Fsp3) is 0.462. The molecule has 2 N–H and O–H groups in total. The normalized spacial score (nSPS) is 15.5. The Bertz CT molecular complexity index is 420. The van der Waals surface area contributed by atoms with E-state index in [1.54, 1.807) is 19.3 Å². The summed E-state index contributed by atoms with van der Waals surface area (Å²) in [6.07, 6.45) is 3.31. The van der Waals surface area contributed by atoms with Gasteiger partial charge in [-0.1, -0.05) is 13.8 Å². The molecule has 0 saturated carbocycles. The molecule has 1 aromatic heterocycles. The second kappa shape index (κ2) is 6.14. The summed E-state index contributed by atoms with van der Waals surface area (Å²) in [5, 5.41) is 11.7. The Morgan fingerprint density at radius 2 is 1.72 bits per heavy atom. The van der Waals surface area contributed by atoms with Crippen molar-refractivity contribution < 1.29 is 14.7 Å². The second-order valence-electron chi connectivity index (χ2n) is 4.43. The third-order valence-electron chi connectivity index (χ3n) is 3.12. The van der Waals surface area contributed by atoms with Gasteiger partial charge in [0.1, 0.15) is 0 Å². The zero-order valence-electron chi connectivity index (χ0n) is 10.8. The van der Waals surface area contributed by atoms with Gasteiger partial charge in [0.25, 0.3) is 0 Å². The average molecular weight is 250 g/mol. The Labute approximate surface area is 106 Å². The van der Waals surface area contributed by atoms with Crippen molar-refractivity contribution in [1.29, 1.82) is 0 Å². The zero-order chi connectivity index (χ0) is 13.7. The predicted octanol–water partition coefficient (Wildman–Crippen LogP) is 1.62. The van der Waals surface area contributed by atoms with Crippen LogP contribution in [0.15, 0.2) is 24.5 Å². The number of hydrogen-bond acceptors (Lipinski definition) is 3.